The van der Waals surface area contributed by atoms with E-state index in [1.807, 2.05) is 6.92 Å². The quantitative estimate of drug-likeness (QED) is 0.682. The molecule has 1 aliphatic rings. The second-order valence-electron chi connectivity index (χ2n) is 3.11. The number of hydrogen-bond donors (Lipinski definition) is 1. The Morgan fingerprint density at radius 2 is 2.33 bits per heavy atom. The van der Waals surface area contributed by atoms with Crippen LogP contribution in [0.3, 0.4) is 0 Å². The maximum Gasteiger partial charge on any atom is 0.221 e. The predicted octanol–water partition coefficient (Wildman–Crippen LogP) is 1.43. The maximum atomic E-state index is 11.1. The molecule has 1 amide bonds. The summed E-state index contributed by atoms with van der Waals surface area (Å²) in [7, 11) is 0. The highest BCUT2D eigenvalue weighted by atomic mass is 16.5. The molecule has 0 radical (unpaired) electrons. The Morgan fingerprint density at radius 1 is 1.50 bits per heavy atom. The van der Waals surface area contributed by atoms with Gasteiger partial charge in [0.05, 0.1) is 0 Å². The van der Waals surface area contributed by atoms with Gasteiger partial charge in [-0.05, 0) is 26.2 Å². The average molecular weight is 171 g/mol. The van der Waals surface area contributed by atoms with Crippen LogP contribution in [0.2, 0.25) is 0 Å². The van der Waals surface area contributed by atoms with Crippen LogP contribution in [-0.4, -0.2) is 18.7 Å². The van der Waals surface area contributed by atoms with Gasteiger partial charge in [-0.2, -0.15) is 0 Å². The monoisotopic (exact) mass is 171 g/mol. The fourth-order valence-corrected chi connectivity index (χ4v) is 1.44. The van der Waals surface area contributed by atoms with Crippen molar-refractivity contribution in [1.29, 1.82) is 0 Å². The number of ether oxygens (including phenoxy) is 1. The van der Waals surface area contributed by atoms with Crippen molar-refractivity contribution < 1.29 is 9.53 Å². The van der Waals surface area contributed by atoms with Crippen LogP contribution in [0.1, 0.15) is 39.0 Å². The summed E-state index contributed by atoms with van der Waals surface area (Å²) in [6.45, 7) is 2.62. The summed E-state index contributed by atoms with van der Waals surface area (Å²) in [5, 5.41) is 2.86. The topological polar surface area (TPSA) is 38.3 Å². The van der Waals surface area contributed by atoms with Crippen molar-refractivity contribution in [3.63, 3.8) is 0 Å². The molecule has 1 unspecified atom stereocenters. The zero-order valence-corrected chi connectivity index (χ0v) is 7.64. The van der Waals surface area contributed by atoms with Crippen molar-refractivity contribution in [3.05, 3.63) is 0 Å². The molecule has 1 atom stereocenters. The lowest BCUT2D eigenvalue weighted by Crippen LogP contribution is -2.37. The van der Waals surface area contributed by atoms with E-state index in [1.165, 1.54) is 0 Å². The highest BCUT2D eigenvalue weighted by Gasteiger charge is 2.14. The molecule has 0 aromatic carbocycles. The Hall–Kier alpha value is -0.570. The first-order valence-electron chi connectivity index (χ1n) is 4.74. The van der Waals surface area contributed by atoms with Gasteiger partial charge in [0.1, 0.15) is 6.23 Å². The fraction of sp³-hybridized carbons (Fsp3) is 0.889. The van der Waals surface area contributed by atoms with Crippen LogP contribution in [0.15, 0.2) is 0 Å². The lowest BCUT2D eigenvalue weighted by atomic mass is 10.1. The van der Waals surface area contributed by atoms with Gasteiger partial charge in [-0.25, -0.2) is 0 Å². The van der Waals surface area contributed by atoms with Crippen molar-refractivity contribution in [2.75, 3.05) is 6.61 Å². The van der Waals surface area contributed by atoms with E-state index in [-0.39, 0.29) is 12.1 Å². The van der Waals surface area contributed by atoms with Gasteiger partial charge < -0.3 is 10.1 Å². The van der Waals surface area contributed by atoms with E-state index in [0.29, 0.717) is 13.0 Å². The molecule has 1 rings (SSSR count). The Labute approximate surface area is 73.5 Å². The number of amides is 1. The molecular formula is C9H17NO2. The molecule has 0 spiro atoms. The first-order chi connectivity index (χ1) is 5.83. The summed E-state index contributed by atoms with van der Waals surface area (Å²) in [6, 6.07) is 0. The summed E-state index contributed by atoms with van der Waals surface area (Å²) >= 11 is 0. The highest BCUT2D eigenvalue weighted by Crippen LogP contribution is 2.10. The summed E-state index contributed by atoms with van der Waals surface area (Å²) in [5.41, 5.74) is 0. The minimum atomic E-state index is -0.0391. The van der Waals surface area contributed by atoms with E-state index in [9.17, 15) is 4.79 Å². The molecule has 0 saturated carbocycles. The molecule has 1 N–H and O–H groups in total. The van der Waals surface area contributed by atoms with E-state index >= 15 is 0 Å². The zero-order valence-electron chi connectivity index (χ0n) is 7.64. The highest BCUT2D eigenvalue weighted by molar-refractivity contribution is 5.76. The molecule has 3 nitrogen and oxygen atoms in total. The van der Waals surface area contributed by atoms with E-state index in [4.69, 9.17) is 4.74 Å². The summed E-state index contributed by atoms with van der Waals surface area (Å²) in [6.07, 6.45) is 4.90. The molecule has 1 heterocycles. The minimum absolute atomic E-state index is 0.0391. The molecule has 3 heteroatoms. The lowest BCUT2D eigenvalue weighted by Gasteiger charge is -2.20. The van der Waals surface area contributed by atoms with Crippen LogP contribution >= 0.6 is 0 Å². The number of hydrogen-bond acceptors (Lipinski definition) is 2. The molecule has 0 aromatic heterocycles. The molecule has 70 valence electrons. The zero-order chi connectivity index (χ0) is 8.81. The summed E-state index contributed by atoms with van der Waals surface area (Å²) in [5.74, 6) is 0.133. The molecule has 0 aromatic rings. The molecule has 1 saturated heterocycles. The van der Waals surface area contributed by atoms with E-state index in [1.54, 1.807) is 0 Å². The van der Waals surface area contributed by atoms with Gasteiger partial charge in [0.2, 0.25) is 5.91 Å². The minimum Gasteiger partial charge on any atom is -0.359 e. The molecule has 0 bridgehead atoms. The van der Waals surface area contributed by atoms with Crippen LogP contribution in [0, 0.1) is 0 Å². The Balaban J connectivity index is 2.33. The van der Waals surface area contributed by atoms with Crippen molar-refractivity contribution in [2.45, 2.75) is 45.3 Å². The largest absolute Gasteiger partial charge is 0.359 e. The number of carbonyl (C=O) groups is 1. The lowest BCUT2D eigenvalue weighted by molar-refractivity contribution is -0.126. The second-order valence-corrected chi connectivity index (χ2v) is 3.11. The Kier molecular flexibility index (Phi) is 4.08. The van der Waals surface area contributed by atoms with Gasteiger partial charge in [-0.1, -0.05) is 6.42 Å². The van der Waals surface area contributed by atoms with Crippen LogP contribution in [0.5, 0.6) is 0 Å². The van der Waals surface area contributed by atoms with Crippen molar-refractivity contribution in [1.82, 2.24) is 5.32 Å². The smallest absolute Gasteiger partial charge is 0.221 e. The third-order valence-electron chi connectivity index (χ3n) is 2.06. The molecule has 0 aliphatic carbocycles. The van der Waals surface area contributed by atoms with Crippen molar-refractivity contribution >= 4 is 5.91 Å². The summed E-state index contributed by atoms with van der Waals surface area (Å²) < 4.78 is 5.36. The van der Waals surface area contributed by atoms with Crippen LogP contribution in [0.25, 0.3) is 0 Å². The number of carbonyl (C=O) groups excluding carboxylic acids is 1. The van der Waals surface area contributed by atoms with Gasteiger partial charge >= 0.3 is 0 Å². The predicted molar refractivity (Wildman–Crippen MR) is 46.6 cm³/mol. The van der Waals surface area contributed by atoms with Crippen LogP contribution in [0.4, 0.5) is 0 Å². The average Bonchev–Trinajstić information content (AvgIpc) is 2.00. The van der Waals surface area contributed by atoms with Crippen LogP contribution < -0.4 is 5.32 Å². The first kappa shape index (κ1) is 9.52. The van der Waals surface area contributed by atoms with E-state index < -0.39 is 0 Å². The Morgan fingerprint density at radius 3 is 3.08 bits per heavy atom. The number of rotatable bonds is 2. The summed E-state index contributed by atoms with van der Waals surface area (Å²) in [4.78, 5) is 11.1. The van der Waals surface area contributed by atoms with Gasteiger partial charge in [-0.3, -0.25) is 4.79 Å². The van der Waals surface area contributed by atoms with Gasteiger partial charge in [-0.15, -0.1) is 0 Å². The standard InChI is InChI=1S/C9H17NO2/c1-2-12-9-7-5-3-4-6-8(11)10-9/h9H,2-7H2,1H3,(H,10,11). The SMILES string of the molecule is CCOC1CCCCCC(=O)N1. The fourth-order valence-electron chi connectivity index (χ4n) is 1.44. The van der Waals surface area contributed by atoms with Crippen LogP contribution in [-0.2, 0) is 9.53 Å². The first-order valence-corrected chi connectivity index (χ1v) is 4.74. The van der Waals surface area contributed by atoms with Gasteiger partial charge in [0.15, 0.2) is 0 Å². The molecule has 12 heavy (non-hydrogen) atoms. The third kappa shape index (κ3) is 3.22. The van der Waals surface area contributed by atoms with Gasteiger partial charge in [0.25, 0.3) is 0 Å². The normalized spacial score (nSPS) is 25.8. The van der Waals surface area contributed by atoms with Gasteiger partial charge in [0, 0.05) is 13.0 Å². The molecular weight excluding hydrogens is 154 g/mol. The number of nitrogens with one attached hydrogen (secondary N) is 1. The Bertz CT molecular complexity index is 147. The van der Waals surface area contributed by atoms with Crippen molar-refractivity contribution in [3.8, 4) is 0 Å². The molecule has 1 fully saturated rings. The van der Waals surface area contributed by atoms with E-state index in [2.05, 4.69) is 5.32 Å². The maximum absolute atomic E-state index is 11.1. The third-order valence-corrected chi connectivity index (χ3v) is 2.06. The molecule has 1 aliphatic heterocycles. The van der Waals surface area contributed by atoms with Crippen molar-refractivity contribution in [2.24, 2.45) is 0 Å². The van der Waals surface area contributed by atoms with E-state index in [0.717, 1.165) is 25.7 Å². The second kappa shape index (κ2) is 5.14.